The molecule has 0 spiro atoms. The summed E-state index contributed by atoms with van der Waals surface area (Å²) in [7, 11) is 0. The van der Waals surface area contributed by atoms with E-state index in [4.69, 9.17) is 25.5 Å². The number of thiophene rings is 1. The number of oxazole rings is 1. The maximum Gasteiger partial charge on any atom is 0.229 e. The van der Waals surface area contributed by atoms with Crippen LogP contribution in [0.1, 0.15) is 5.89 Å². The lowest BCUT2D eigenvalue weighted by atomic mass is 10.2. The quantitative estimate of drug-likeness (QED) is 0.269. The summed E-state index contributed by atoms with van der Waals surface area (Å²) < 4.78 is 11.5. The molecule has 0 fully saturated rings. The van der Waals surface area contributed by atoms with E-state index in [1.807, 2.05) is 60.0 Å². The number of anilines is 1. The molecule has 0 amide bonds. The van der Waals surface area contributed by atoms with Crippen LogP contribution in [0, 0.1) is 0 Å². The molecule has 8 nitrogen and oxygen atoms in total. The Bertz CT molecular complexity index is 1580. The number of nitrogens with one attached hydrogen (secondary N) is 1. The largest absolute Gasteiger partial charge is 0.430 e. The second-order valence-electron chi connectivity index (χ2n) is 7.61. The minimum absolute atomic E-state index is 0.462. The van der Waals surface area contributed by atoms with Crippen molar-refractivity contribution >= 4 is 40.0 Å². The molecule has 0 radical (unpaired) electrons. The fraction of sp³-hybridized carbons (Fsp3) is 0.0800. The van der Waals surface area contributed by atoms with Gasteiger partial charge in [-0.1, -0.05) is 41.0 Å². The first-order valence-corrected chi connectivity index (χ1v) is 12.1. The molecular weight excluding hydrogens is 484 g/mol. The monoisotopic (exact) mass is 500 g/mol. The maximum absolute atomic E-state index is 6.08. The number of benzene rings is 2. The molecule has 1 N–H and O–H groups in total. The van der Waals surface area contributed by atoms with Crippen LogP contribution in [0.25, 0.3) is 44.8 Å². The number of aromatic nitrogens is 5. The number of hydrogen-bond donors (Lipinski definition) is 1. The third kappa shape index (κ3) is 4.51. The van der Waals surface area contributed by atoms with Gasteiger partial charge in [0, 0.05) is 29.1 Å². The zero-order chi connectivity index (χ0) is 23.6. The van der Waals surface area contributed by atoms with E-state index in [1.54, 1.807) is 23.5 Å². The average Bonchev–Trinajstić information content (AvgIpc) is 3.65. The molecule has 35 heavy (non-hydrogen) atoms. The lowest BCUT2D eigenvalue weighted by molar-refractivity contribution is 0.381. The summed E-state index contributed by atoms with van der Waals surface area (Å²) in [5.74, 6) is 2.65. The van der Waals surface area contributed by atoms with Gasteiger partial charge in [0.05, 0.1) is 4.88 Å². The standard InChI is InChI=1S/C25H17ClN6O2S/c26-17-10-8-15(9-11-17)21-29-23(20-24(30-21)31-25(33-20)16-5-2-1-3-6-16)27-13-12-19-28-22(32-34-19)18-7-4-14-35-18/h1-11,14H,12-13H2,(H,27,29,30). The molecule has 0 unspecified atom stereocenters. The Morgan fingerprint density at radius 2 is 1.69 bits per heavy atom. The second kappa shape index (κ2) is 9.28. The van der Waals surface area contributed by atoms with Crippen molar-refractivity contribution in [1.29, 1.82) is 0 Å². The van der Waals surface area contributed by atoms with E-state index in [1.165, 1.54) is 0 Å². The van der Waals surface area contributed by atoms with E-state index in [0.29, 0.717) is 58.5 Å². The molecule has 0 atom stereocenters. The Morgan fingerprint density at radius 3 is 2.49 bits per heavy atom. The molecule has 0 aliphatic rings. The Morgan fingerprint density at radius 1 is 0.829 bits per heavy atom. The average molecular weight is 501 g/mol. The van der Waals surface area contributed by atoms with Crippen molar-refractivity contribution in [3.05, 3.63) is 83.0 Å². The SMILES string of the molecule is Clc1ccc(-c2nc(NCCc3nc(-c4cccs4)no3)c3oc(-c4ccccc4)nc3n2)cc1. The van der Waals surface area contributed by atoms with Crippen LogP contribution in [-0.2, 0) is 6.42 Å². The van der Waals surface area contributed by atoms with Crippen molar-refractivity contribution < 1.29 is 8.94 Å². The van der Waals surface area contributed by atoms with Gasteiger partial charge in [0.1, 0.15) is 0 Å². The van der Waals surface area contributed by atoms with Gasteiger partial charge >= 0.3 is 0 Å². The van der Waals surface area contributed by atoms with E-state index in [0.717, 1.165) is 16.0 Å². The molecule has 172 valence electrons. The van der Waals surface area contributed by atoms with Gasteiger partial charge in [0.2, 0.25) is 28.8 Å². The van der Waals surface area contributed by atoms with Gasteiger partial charge in [-0.15, -0.1) is 11.3 Å². The highest BCUT2D eigenvalue weighted by Gasteiger charge is 2.18. The van der Waals surface area contributed by atoms with E-state index in [9.17, 15) is 0 Å². The molecule has 0 saturated heterocycles. The van der Waals surface area contributed by atoms with Crippen molar-refractivity contribution in [3.8, 4) is 33.5 Å². The first kappa shape index (κ1) is 21.5. The van der Waals surface area contributed by atoms with Crippen LogP contribution in [-0.4, -0.2) is 31.6 Å². The Hall–Kier alpha value is -4.08. The summed E-state index contributed by atoms with van der Waals surface area (Å²) in [4.78, 5) is 19.4. The van der Waals surface area contributed by atoms with E-state index in [-0.39, 0.29) is 0 Å². The molecule has 0 saturated carbocycles. The summed E-state index contributed by atoms with van der Waals surface area (Å²) in [6, 6.07) is 20.9. The summed E-state index contributed by atoms with van der Waals surface area (Å²) in [6.07, 6.45) is 0.514. The molecule has 2 aromatic carbocycles. The number of halogens is 1. The Labute approximate surface area is 208 Å². The summed E-state index contributed by atoms with van der Waals surface area (Å²) in [5, 5.41) is 10.0. The number of rotatable bonds is 7. The number of hydrogen-bond acceptors (Lipinski definition) is 9. The maximum atomic E-state index is 6.08. The summed E-state index contributed by atoms with van der Waals surface area (Å²) in [6.45, 7) is 0.500. The van der Waals surface area contributed by atoms with Crippen molar-refractivity contribution in [3.63, 3.8) is 0 Å². The van der Waals surface area contributed by atoms with Crippen LogP contribution >= 0.6 is 22.9 Å². The van der Waals surface area contributed by atoms with Gasteiger partial charge in [-0.25, -0.2) is 9.97 Å². The molecule has 0 bridgehead atoms. The molecule has 6 rings (SSSR count). The minimum Gasteiger partial charge on any atom is -0.430 e. The third-order valence-electron chi connectivity index (χ3n) is 5.22. The molecule has 6 aromatic rings. The predicted molar refractivity (Wildman–Crippen MR) is 135 cm³/mol. The molecular formula is C25H17ClN6O2S. The zero-order valence-corrected chi connectivity index (χ0v) is 19.8. The lowest BCUT2D eigenvalue weighted by Gasteiger charge is -2.07. The van der Waals surface area contributed by atoms with Crippen LogP contribution in [0.4, 0.5) is 5.82 Å². The highest BCUT2D eigenvalue weighted by atomic mass is 35.5. The fourth-order valence-electron chi connectivity index (χ4n) is 3.53. The molecule has 10 heteroatoms. The van der Waals surface area contributed by atoms with Crippen molar-refractivity contribution in [2.24, 2.45) is 0 Å². The van der Waals surface area contributed by atoms with Crippen LogP contribution in [0.15, 0.2) is 81.1 Å². The van der Waals surface area contributed by atoms with Gasteiger partial charge in [-0.05, 0) is 47.8 Å². The smallest absolute Gasteiger partial charge is 0.229 e. The van der Waals surface area contributed by atoms with E-state index < -0.39 is 0 Å². The van der Waals surface area contributed by atoms with Crippen LogP contribution in [0.2, 0.25) is 5.02 Å². The Balaban J connectivity index is 1.31. The summed E-state index contributed by atoms with van der Waals surface area (Å²) in [5.41, 5.74) is 2.62. The van der Waals surface area contributed by atoms with Gasteiger partial charge in [-0.3, -0.25) is 0 Å². The third-order valence-corrected chi connectivity index (χ3v) is 6.34. The minimum atomic E-state index is 0.462. The number of fused-ring (bicyclic) bond motifs is 1. The summed E-state index contributed by atoms with van der Waals surface area (Å²) >= 11 is 7.62. The van der Waals surface area contributed by atoms with Crippen molar-refractivity contribution in [2.45, 2.75) is 6.42 Å². The highest BCUT2D eigenvalue weighted by molar-refractivity contribution is 7.13. The zero-order valence-electron chi connectivity index (χ0n) is 18.2. The van der Waals surface area contributed by atoms with Gasteiger partial charge in [0.15, 0.2) is 11.6 Å². The van der Waals surface area contributed by atoms with E-state index in [2.05, 4.69) is 25.4 Å². The first-order chi connectivity index (χ1) is 17.2. The van der Waals surface area contributed by atoms with Crippen LogP contribution in [0.5, 0.6) is 0 Å². The van der Waals surface area contributed by atoms with Crippen LogP contribution < -0.4 is 5.32 Å². The molecule has 4 heterocycles. The van der Waals surface area contributed by atoms with Crippen LogP contribution in [0.3, 0.4) is 0 Å². The molecule has 0 aliphatic carbocycles. The molecule has 0 aliphatic heterocycles. The van der Waals surface area contributed by atoms with Gasteiger partial charge < -0.3 is 14.3 Å². The Kier molecular flexibility index (Phi) is 5.69. The lowest BCUT2D eigenvalue weighted by Crippen LogP contribution is -2.08. The fourth-order valence-corrected chi connectivity index (χ4v) is 4.30. The highest BCUT2D eigenvalue weighted by Crippen LogP contribution is 2.30. The van der Waals surface area contributed by atoms with Crippen molar-refractivity contribution in [2.75, 3.05) is 11.9 Å². The molecule has 4 aromatic heterocycles. The van der Waals surface area contributed by atoms with E-state index >= 15 is 0 Å². The van der Waals surface area contributed by atoms with Gasteiger partial charge in [0.25, 0.3) is 0 Å². The number of nitrogens with zero attached hydrogens (tertiary/aromatic N) is 5. The first-order valence-electron chi connectivity index (χ1n) is 10.8. The van der Waals surface area contributed by atoms with Crippen molar-refractivity contribution in [1.82, 2.24) is 25.1 Å². The normalized spacial score (nSPS) is 11.2. The predicted octanol–water partition coefficient (Wildman–Crippen LogP) is 6.37. The topological polar surface area (TPSA) is 103 Å². The van der Waals surface area contributed by atoms with Gasteiger partial charge in [-0.2, -0.15) is 9.97 Å². The second-order valence-corrected chi connectivity index (χ2v) is 8.99.